The molecule has 2 rings (SSSR count). The Morgan fingerprint density at radius 3 is 2.89 bits per heavy atom. The molecule has 4 nitrogen and oxygen atoms in total. The van der Waals surface area contributed by atoms with Gasteiger partial charge in [0.15, 0.2) is 0 Å². The minimum atomic E-state index is -0.0964. The summed E-state index contributed by atoms with van der Waals surface area (Å²) in [6.45, 7) is 2.48. The van der Waals surface area contributed by atoms with Crippen LogP contribution >= 0.6 is 11.8 Å². The van der Waals surface area contributed by atoms with E-state index >= 15 is 0 Å². The van der Waals surface area contributed by atoms with Crippen LogP contribution in [0.2, 0.25) is 0 Å². The Kier molecular flexibility index (Phi) is 4.41. The van der Waals surface area contributed by atoms with Gasteiger partial charge in [0.1, 0.15) is 5.03 Å². The van der Waals surface area contributed by atoms with E-state index in [1.165, 1.54) is 11.8 Å². The maximum absolute atomic E-state index is 12.0. The zero-order valence-electron chi connectivity index (χ0n) is 10.6. The molecule has 0 saturated heterocycles. The monoisotopic (exact) mass is 273 g/mol. The van der Waals surface area contributed by atoms with Crippen molar-refractivity contribution in [1.82, 2.24) is 10.3 Å². The second-order valence-electron chi connectivity index (χ2n) is 3.89. The molecule has 0 aliphatic heterocycles. The number of nitrogens with zero attached hydrogens (tertiary/aromatic N) is 1. The smallest absolute Gasteiger partial charge is 0.252 e. The van der Waals surface area contributed by atoms with Crippen molar-refractivity contribution in [2.75, 3.05) is 12.3 Å². The molecule has 2 aromatic rings. The lowest BCUT2D eigenvalue weighted by atomic mass is 10.2. The average Bonchev–Trinajstić information content (AvgIpc) is 2.40. The van der Waals surface area contributed by atoms with Crippen LogP contribution in [-0.4, -0.2) is 17.4 Å². The van der Waals surface area contributed by atoms with Gasteiger partial charge in [0.05, 0.1) is 5.56 Å². The number of nitrogen functional groups attached to an aromatic ring is 1. The number of benzene rings is 1. The fraction of sp³-hybridized carbons (Fsp3) is 0.143. The maximum Gasteiger partial charge on any atom is 0.252 e. The Labute approximate surface area is 116 Å². The Morgan fingerprint density at radius 2 is 2.21 bits per heavy atom. The lowest BCUT2D eigenvalue weighted by molar-refractivity contribution is 0.0953. The van der Waals surface area contributed by atoms with Gasteiger partial charge in [-0.15, -0.1) is 0 Å². The van der Waals surface area contributed by atoms with Gasteiger partial charge in [-0.2, -0.15) is 0 Å². The van der Waals surface area contributed by atoms with Gasteiger partial charge in [-0.3, -0.25) is 4.79 Å². The van der Waals surface area contributed by atoms with Crippen molar-refractivity contribution in [3.8, 4) is 0 Å². The van der Waals surface area contributed by atoms with E-state index in [0.29, 0.717) is 17.8 Å². The van der Waals surface area contributed by atoms with Crippen LogP contribution in [0, 0.1) is 0 Å². The van der Waals surface area contributed by atoms with Crippen molar-refractivity contribution in [1.29, 1.82) is 0 Å². The van der Waals surface area contributed by atoms with Crippen molar-refractivity contribution in [3.63, 3.8) is 0 Å². The quantitative estimate of drug-likeness (QED) is 0.840. The molecule has 19 heavy (non-hydrogen) atoms. The van der Waals surface area contributed by atoms with Crippen LogP contribution in [0.15, 0.2) is 52.5 Å². The van der Waals surface area contributed by atoms with Crippen molar-refractivity contribution in [2.24, 2.45) is 0 Å². The first-order chi connectivity index (χ1) is 9.20. The van der Waals surface area contributed by atoms with Gasteiger partial charge in [-0.25, -0.2) is 4.98 Å². The van der Waals surface area contributed by atoms with Crippen molar-refractivity contribution < 1.29 is 4.79 Å². The molecule has 1 amide bonds. The van der Waals surface area contributed by atoms with Crippen LogP contribution in [0.3, 0.4) is 0 Å². The molecule has 5 heteroatoms. The highest BCUT2D eigenvalue weighted by Crippen LogP contribution is 2.30. The van der Waals surface area contributed by atoms with Crippen LogP contribution in [0.1, 0.15) is 17.3 Å². The molecule has 0 atom stereocenters. The van der Waals surface area contributed by atoms with Crippen molar-refractivity contribution in [3.05, 3.63) is 48.2 Å². The van der Waals surface area contributed by atoms with Gasteiger partial charge in [-0.05, 0) is 37.3 Å². The second-order valence-corrected chi connectivity index (χ2v) is 4.95. The molecule has 0 unspecified atom stereocenters. The lowest BCUT2D eigenvalue weighted by Crippen LogP contribution is -2.23. The first-order valence-corrected chi connectivity index (χ1v) is 6.79. The number of amides is 1. The third kappa shape index (κ3) is 3.48. The number of pyridine rings is 1. The fourth-order valence-electron chi connectivity index (χ4n) is 1.59. The van der Waals surface area contributed by atoms with Crippen molar-refractivity contribution >= 4 is 23.4 Å². The molecule has 0 saturated carbocycles. The van der Waals surface area contributed by atoms with Gasteiger partial charge < -0.3 is 11.1 Å². The highest BCUT2D eigenvalue weighted by Gasteiger charge is 2.12. The summed E-state index contributed by atoms with van der Waals surface area (Å²) in [5.41, 5.74) is 7.04. The van der Waals surface area contributed by atoms with E-state index in [1.807, 2.05) is 25.1 Å². The summed E-state index contributed by atoms with van der Waals surface area (Å²) in [6, 6.07) is 10.9. The summed E-state index contributed by atoms with van der Waals surface area (Å²) in [7, 11) is 0. The molecule has 1 heterocycles. The molecule has 0 fully saturated rings. The number of carbonyl (C=O) groups excluding carboxylic acids is 1. The first-order valence-electron chi connectivity index (χ1n) is 5.97. The van der Waals surface area contributed by atoms with Crippen LogP contribution in [0.5, 0.6) is 0 Å². The number of hydrogen-bond acceptors (Lipinski definition) is 4. The predicted octanol–water partition coefficient (Wildman–Crippen LogP) is 2.56. The summed E-state index contributed by atoms with van der Waals surface area (Å²) in [5, 5.41) is 3.63. The maximum atomic E-state index is 12.0. The summed E-state index contributed by atoms with van der Waals surface area (Å²) in [4.78, 5) is 17.0. The standard InChI is InChI=1S/C14H15N3OS/c1-2-16-14(18)11-7-6-10(15)9-12(11)19-13-5-3-4-8-17-13/h3-9H,2,15H2,1H3,(H,16,18). The highest BCUT2D eigenvalue weighted by molar-refractivity contribution is 7.99. The topological polar surface area (TPSA) is 68.0 Å². The summed E-state index contributed by atoms with van der Waals surface area (Å²) in [6.07, 6.45) is 1.72. The molecule has 3 N–H and O–H groups in total. The summed E-state index contributed by atoms with van der Waals surface area (Å²) in [5.74, 6) is -0.0964. The van der Waals surface area contributed by atoms with E-state index < -0.39 is 0 Å². The third-order valence-electron chi connectivity index (χ3n) is 2.44. The summed E-state index contributed by atoms with van der Waals surface area (Å²) < 4.78 is 0. The summed E-state index contributed by atoms with van der Waals surface area (Å²) >= 11 is 1.43. The van der Waals surface area contributed by atoms with E-state index in [1.54, 1.807) is 24.4 Å². The van der Waals surface area contributed by atoms with Gasteiger partial charge in [0.2, 0.25) is 0 Å². The fourth-order valence-corrected chi connectivity index (χ4v) is 2.54. The number of carbonyl (C=O) groups is 1. The first kappa shape index (κ1) is 13.4. The van der Waals surface area contributed by atoms with Gasteiger partial charge >= 0.3 is 0 Å². The largest absolute Gasteiger partial charge is 0.399 e. The van der Waals surface area contributed by atoms with E-state index in [9.17, 15) is 4.79 Å². The number of aromatic nitrogens is 1. The average molecular weight is 273 g/mol. The molecule has 1 aromatic heterocycles. The van der Waals surface area contributed by atoms with Gasteiger partial charge in [0, 0.05) is 23.3 Å². The number of nitrogens with two attached hydrogens (primary N) is 1. The number of anilines is 1. The van der Waals surface area contributed by atoms with Gasteiger partial charge in [-0.1, -0.05) is 17.8 Å². The van der Waals surface area contributed by atoms with Gasteiger partial charge in [0.25, 0.3) is 5.91 Å². The number of rotatable bonds is 4. The van der Waals surface area contributed by atoms with E-state index in [0.717, 1.165) is 9.92 Å². The van der Waals surface area contributed by atoms with Crippen LogP contribution in [0.4, 0.5) is 5.69 Å². The number of nitrogens with one attached hydrogen (secondary N) is 1. The molecule has 98 valence electrons. The second kappa shape index (κ2) is 6.24. The molecular weight excluding hydrogens is 258 g/mol. The number of hydrogen-bond donors (Lipinski definition) is 2. The predicted molar refractivity (Wildman–Crippen MR) is 77.2 cm³/mol. The molecule has 0 aliphatic carbocycles. The van der Waals surface area contributed by atoms with E-state index in [2.05, 4.69) is 10.3 Å². The minimum Gasteiger partial charge on any atom is -0.399 e. The Balaban J connectivity index is 2.32. The normalized spacial score (nSPS) is 10.2. The van der Waals surface area contributed by atoms with Crippen LogP contribution in [-0.2, 0) is 0 Å². The Morgan fingerprint density at radius 1 is 1.37 bits per heavy atom. The molecule has 0 aliphatic rings. The van der Waals surface area contributed by atoms with Crippen LogP contribution in [0.25, 0.3) is 0 Å². The van der Waals surface area contributed by atoms with E-state index in [-0.39, 0.29) is 5.91 Å². The molecule has 0 radical (unpaired) electrons. The molecular formula is C14H15N3OS. The van der Waals surface area contributed by atoms with E-state index in [4.69, 9.17) is 5.73 Å². The Bertz CT molecular complexity index is 572. The third-order valence-corrected chi connectivity index (χ3v) is 3.45. The lowest BCUT2D eigenvalue weighted by Gasteiger charge is -2.09. The molecule has 0 spiro atoms. The molecule has 0 bridgehead atoms. The van der Waals surface area contributed by atoms with Crippen molar-refractivity contribution in [2.45, 2.75) is 16.8 Å². The minimum absolute atomic E-state index is 0.0964. The SMILES string of the molecule is CCNC(=O)c1ccc(N)cc1Sc1ccccn1. The Hall–Kier alpha value is -2.01. The molecule has 1 aromatic carbocycles. The zero-order chi connectivity index (χ0) is 13.7. The van der Waals surface area contributed by atoms with Crippen LogP contribution < -0.4 is 11.1 Å². The zero-order valence-corrected chi connectivity index (χ0v) is 11.4. The highest BCUT2D eigenvalue weighted by atomic mass is 32.2.